The molecule has 3 aromatic rings. The van der Waals surface area contributed by atoms with E-state index in [1.54, 1.807) is 30.3 Å². The van der Waals surface area contributed by atoms with Crippen molar-refractivity contribution in [3.63, 3.8) is 0 Å². The number of anilines is 1. The summed E-state index contributed by atoms with van der Waals surface area (Å²) < 4.78 is 34.1. The van der Waals surface area contributed by atoms with Gasteiger partial charge in [-0.1, -0.05) is 48.0 Å². The van der Waals surface area contributed by atoms with Gasteiger partial charge in [0.15, 0.2) is 0 Å². The molecule has 0 heterocycles. The van der Waals surface area contributed by atoms with E-state index in [0.29, 0.717) is 25.3 Å². The van der Waals surface area contributed by atoms with Crippen LogP contribution in [0.1, 0.15) is 35.6 Å². The van der Waals surface area contributed by atoms with Crippen molar-refractivity contribution in [1.29, 1.82) is 0 Å². The molecule has 1 N–H and O–H groups in total. The Morgan fingerprint density at radius 3 is 2.37 bits per heavy atom. The molecule has 0 bridgehead atoms. The van der Waals surface area contributed by atoms with Gasteiger partial charge in [0.05, 0.1) is 17.2 Å². The van der Waals surface area contributed by atoms with E-state index in [9.17, 15) is 13.2 Å². The summed E-state index contributed by atoms with van der Waals surface area (Å²) in [6.45, 7) is 8.38. The smallest absolute Gasteiger partial charge is 0.264 e. The molecule has 1 amide bonds. The molecule has 6 nitrogen and oxygen atoms in total. The van der Waals surface area contributed by atoms with Crippen molar-refractivity contribution in [2.75, 3.05) is 24.0 Å². The number of aryl methyl sites for hydroxylation is 3. The van der Waals surface area contributed by atoms with E-state index < -0.39 is 10.0 Å². The molecule has 3 aromatic carbocycles. The summed E-state index contributed by atoms with van der Waals surface area (Å²) in [5.41, 5.74) is 4.34. The SMILES string of the molecule is CCOc1ccccc1CCCNC(=O)CN(c1cccc(C)c1C)S(=O)(=O)c1ccc(C)cc1. The number of rotatable bonds is 11. The van der Waals surface area contributed by atoms with E-state index >= 15 is 0 Å². The number of carbonyl (C=O) groups excluding carboxylic acids is 1. The first-order chi connectivity index (χ1) is 16.7. The van der Waals surface area contributed by atoms with Crippen molar-refractivity contribution < 1.29 is 17.9 Å². The Kier molecular flexibility index (Phi) is 8.93. The molecule has 0 aromatic heterocycles. The predicted molar refractivity (Wildman–Crippen MR) is 141 cm³/mol. The average Bonchev–Trinajstić information content (AvgIpc) is 2.83. The molecule has 186 valence electrons. The van der Waals surface area contributed by atoms with E-state index in [1.165, 1.54) is 4.31 Å². The summed E-state index contributed by atoms with van der Waals surface area (Å²) in [7, 11) is -3.93. The highest BCUT2D eigenvalue weighted by molar-refractivity contribution is 7.92. The van der Waals surface area contributed by atoms with Gasteiger partial charge in [-0.3, -0.25) is 9.10 Å². The highest BCUT2D eigenvalue weighted by atomic mass is 32.2. The third kappa shape index (κ3) is 6.63. The molecule has 0 saturated heterocycles. The lowest BCUT2D eigenvalue weighted by molar-refractivity contribution is -0.119. The van der Waals surface area contributed by atoms with Gasteiger partial charge in [0, 0.05) is 6.54 Å². The van der Waals surface area contributed by atoms with Crippen LogP contribution in [0.15, 0.2) is 71.6 Å². The number of sulfonamides is 1. The van der Waals surface area contributed by atoms with Crippen molar-refractivity contribution in [2.24, 2.45) is 0 Å². The van der Waals surface area contributed by atoms with Gasteiger partial charge in [0.25, 0.3) is 10.0 Å². The summed E-state index contributed by atoms with van der Waals surface area (Å²) in [4.78, 5) is 13.1. The molecule has 3 rings (SSSR count). The molecule has 0 aliphatic heterocycles. The van der Waals surface area contributed by atoms with Gasteiger partial charge in [-0.25, -0.2) is 8.42 Å². The second-order valence-corrected chi connectivity index (χ2v) is 10.4. The Labute approximate surface area is 209 Å². The van der Waals surface area contributed by atoms with Crippen molar-refractivity contribution in [3.8, 4) is 5.75 Å². The van der Waals surface area contributed by atoms with Gasteiger partial charge in [-0.05, 0) is 81.5 Å². The normalized spacial score (nSPS) is 11.2. The molecular weight excluding hydrogens is 460 g/mol. The predicted octanol–water partition coefficient (Wildman–Crippen LogP) is 4.95. The summed E-state index contributed by atoms with van der Waals surface area (Å²) in [6.07, 6.45) is 1.46. The number of para-hydroxylation sites is 1. The Morgan fingerprint density at radius 2 is 1.66 bits per heavy atom. The van der Waals surface area contributed by atoms with Crippen molar-refractivity contribution in [2.45, 2.75) is 45.4 Å². The number of nitrogens with zero attached hydrogens (tertiary/aromatic N) is 1. The molecule has 0 aliphatic rings. The second-order valence-electron chi connectivity index (χ2n) is 8.54. The zero-order chi connectivity index (χ0) is 25.4. The first-order valence-electron chi connectivity index (χ1n) is 11.9. The monoisotopic (exact) mass is 494 g/mol. The fourth-order valence-electron chi connectivity index (χ4n) is 3.84. The third-order valence-electron chi connectivity index (χ3n) is 5.96. The van der Waals surface area contributed by atoms with Gasteiger partial charge < -0.3 is 10.1 Å². The maximum absolute atomic E-state index is 13.6. The number of amides is 1. The summed E-state index contributed by atoms with van der Waals surface area (Å²) >= 11 is 0. The quantitative estimate of drug-likeness (QED) is 0.383. The lowest BCUT2D eigenvalue weighted by atomic mass is 10.1. The molecule has 0 unspecified atom stereocenters. The van der Waals surface area contributed by atoms with Crippen LogP contribution < -0.4 is 14.4 Å². The Balaban J connectivity index is 1.74. The minimum absolute atomic E-state index is 0.157. The summed E-state index contributed by atoms with van der Waals surface area (Å²) in [6, 6.07) is 20.0. The zero-order valence-electron chi connectivity index (χ0n) is 20.9. The van der Waals surface area contributed by atoms with Gasteiger partial charge in [-0.15, -0.1) is 0 Å². The van der Waals surface area contributed by atoms with Crippen molar-refractivity contribution in [1.82, 2.24) is 5.32 Å². The van der Waals surface area contributed by atoms with E-state index in [-0.39, 0.29) is 17.3 Å². The Hall–Kier alpha value is -3.32. The summed E-state index contributed by atoms with van der Waals surface area (Å²) in [5.74, 6) is 0.506. The van der Waals surface area contributed by atoms with E-state index in [2.05, 4.69) is 5.32 Å². The number of ether oxygens (including phenoxy) is 1. The van der Waals surface area contributed by atoms with E-state index in [1.807, 2.05) is 64.1 Å². The lowest BCUT2D eigenvalue weighted by Gasteiger charge is -2.26. The zero-order valence-corrected chi connectivity index (χ0v) is 21.7. The molecule has 0 aliphatic carbocycles. The van der Waals surface area contributed by atoms with Crippen molar-refractivity contribution >= 4 is 21.6 Å². The lowest BCUT2D eigenvalue weighted by Crippen LogP contribution is -2.41. The second kappa shape index (κ2) is 11.9. The molecule has 0 fully saturated rings. The number of nitrogens with one attached hydrogen (secondary N) is 1. The van der Waals surface area contributed by atoms with Crippen LogP contribution in [0.5, 0.6) is 5.75 Å². The molecule has 0 atom stereocenters. The molecular formula is C28H34N2O4S. The topological polar surface area (TPSA) is 75.7 Å². The van der Waals surface area contributed by atoms with Crippen LogP contribution in [-0.4, -0.2) is 34.0 Å². The standard InChI is InChI=1S/C28H34N2O4S/c1-5-34-27-14-7-6-11-24(27)12-9-19-29-28(31)20-30(26-13-8-10-22(3)23(26)4)35(32,33)25-17-15-21(2)16-18-25/h6-8,10-11,13-18H,5,9,12,19-20H2,1-4H3,(H,29,31). The first kappa shape index (κ1) is 26.3. The highest BCUT2D eigenvalue weighted by Gasteiger charge is 2.28. The Morgan fingerprint density at radius 1 is 0.943 bits per heavy atom. The maximum atomic E-state index is 13.6. The summed E-state index contributed by atoms with van der Waals surface area (Å²) in [5, 5.41) is 2.89. The van der Waals surface area contributed by atoms with E-state index in [0.717, 1.165) is 34.4 Å². The number of benzene rings is 3. The van der Waals surface area contributed by atoms with E-state index in [4.69, 9.17) is 4.74 Å². The fraction of sp³-hybridized carbons (Fsp3) is 0.321. The van der Waals surface area contributed by atoms with Crippen LogP contribution in [0.2, 0.25) is 0 Å². The van der Waals surface area contributed by atoms with Crippen molar-refractivity contribution in [3.05, 3.63) is 89.0 Å². The van der Waals surface area contributed by atoms with Gasteiger partial charge in [0.2, 0.25) is 5.91 Å². The van der Waals surface area contributed by atoms with Gasteiger partial charge >= 0.3 is 0 Å². The highest BCUT2D eigenvalue weighted by Crippen LogP contribution is 2.28. The number of carbonyl (C=O) groups is 1. The molecule has 7 heteroatoms. The van der Waals surface area contributed by atoms with Crippen LogP contribution in [0, 0.1) is 20.8 Å². The number of hydrogen-bond donors (Lipinski definition) is 1. The molecule has 0 saturated carbocycles. The first-order valence-corrected chi connectivity index (χ1v) is 13.3. The minimum atomic E-state index is -3.93. The van der Waals surface area contributed by atoms with Crippen LogP contribution in [0.3, 0.4) is 0 Å². The van der Waals surface area contributed by atoms with Crippen LogP contribution in [0.4, 0.5) is 5.69 Å². The average molecular weight is 495 g/mol. The molecule has 35 heavy (non-hydrogen) atoms. The Bertz CT molecular complexity index is 1250. The largest absolute Gasteiger partial charge is 0.494 e. The van der Waals surface area contributed by atoms with Gasteiger partial charge in [-0.2, -0.15) is 0 Å². The molecule has 0 spiro atoms. The number of hydrogen-bond acceptors (Lipinski definition) is 4. The molecule has 0 radical (unpaired) electrons. The fourth-order valence-corrected chi connectivity index (χ4v) is 5.32. The maximum Gasteiger partial charge on any atom is 0.264 e. The third-order valence-corrected chi connectivity index (χ3v) is 7.73. The minimum Gasteiger partial charge on any atom is -0.494 e. The van der Waals surface area contributed by atoms with Crippen LogP contribution >= 0.6 is 0 Å². The van der Waals surface area contributed by atoms with Gasteiger partial charge in [0.1, 0.15) is 12.3 Å². The van der Waals surface area contributed by atoms with Crippen LogP contribution in [0.25, 0.3) is 0 Å². The van der Waals surface area contributed by atoms with Crippen LogP contribution in [-0.2, 0) is 21.2 Å².